The summed E-state index contributed by atoms with van der Waals surface area (Å²) >= 11 is 0. The van der Waals surface area contributed by atoms with Crippen molar-refractivity contribution in [2.45, 2.75) is 37.1 Å². The monoisotopic (exact) mass is 497 g/mol. The minimum absolute atomic E-state index is 0.338. The minimum atomic E-state index is 0.338. The Labute approximate surface area is 221 Å². The number of ether oxygens (including phenoxy) is 1. The molecule has 194 valence electrons. The number of phenolic OH excluding ortho intramolecular Hbond substituents is 1. The number of aryl methyl sites for hydroxylation is 2. The lowest BCUT2D eigenvalue weighted by molar-refractivity contribution is 0.0946. The standard InChI is InChI=1S/C20H24N2O.C12H15NO/c1-15-4-9-18-19(10-15)22(14-20(18)12-21(2)13-20)11-16-5-7-17(23-3)8-6-16;1-13-7-12(8-13)5-4-9-6-10(14)2-3-11(9)12/h4-10H,11-14H2,1-3H3;2-3,6,14H,4-5,7-8H2,1H3. The molecule has 0 aromatic heterocycles. The highest BCUT2D eigenvalue weighted by Crippen LogP contribution is 2.47. The van der Waals surface area contributed by atoms with Crippen LogP contribution in [0.2, 0.25) is 0 Å². The van der Waals surface area contributed by atoms with E-state index >= 15 is 0 Å². The molecule has 1 N–H and O–H groups in total. The van der Waals surface area contributed by atoms with Crippen LogP contribution in [-0.2, 0) is 23.8 Å². The molecule has 1 aliphatic carbocycles. The van der Waals surface area contributed by atoms with Crippen LogP contribution in [-0.4, -0.2) is 68.8 Å². The average molecular weight is 498 g/mol. The number of likely N-dealkylation sites (tertiary alicyclic amines) is 2. The topological polar surface area (TPSA) is 39.2 Å². The normalized spacial score (nSPS) is 20.6. The summed E-state index contributed by atoms with van der Waals surface area (Å²) in [6.07, 6.45) is 2.40. The number of fused-ring (bicyclic) bond motifs is 4. The van der Waals surface area contributed by atoms with E-state index in [2.05, 4.69) is 84.2 Å². The first-order valence-corrected chi connectivity index (χ1v) is 13.5. The van der Waals surface area contributed by atoms with Crippen LogP contribution >= 0.6 is 0 Å². The van der Waals surface area contributed by atoms with Crippen molar-refractivity contribution in [2.24, 2.45) is 0 Å². The van der Waals surface area contributed by atoms with Gasteiger partial charge >= 0.3 is 0 Å². The van der Waals surface area contributed by atoms with Gasteiger partial charge in [0.25, 0.3) is 0 Å². The fourth-order valence-electron chi connectivity index (χ4n) is 7.37. The highest BCUT2D eigenvalue weighted by molar-refractivity contribution is 5.65. The highest BCUT2D eigenvalue weighted by atomic mass is 16.5. The van der Waals surface area contributed by atoms with Crippen molar-refractivity contribution in [3.05, 3.63) is 88.5 Å². The lowest BCUT2D eigenvalue weighted by atomic mass is 9.75. The molecule has 2 saturated heterocycles. The Morgan fingerprint density at radius 2 is 1.49 bits per heavy atom. The molecule has 2 spiro atoms. The molecule has 0 saturated carbocycles. The Balaban J connectivity index is 0.000000153. The van der Waals surface area contributed by atoms with Crippen molar-refractivity contribution in [3.63, 3.8) is 0 Å². The lowest BCUT2D eigenvalue weighted by Gasteiger charge is -2.47. The molecule has 3 aliphatic heterocycles. The molecule has 4 aliphatic rings. The van der Waals surface area contributed by atoms with E-state index in [0.29, 0.717) is 16.6 Å². The maximum Gasteiger partial charge on any atom is 0.118 e. The molecule has 7 rings (SSSR count). The molecule has 3 aromatic rings. The fraction of sp³-hybridized carbons (Fsp3) is 0.438. The summed E-state index contributed by atoms with van der Waals surface area (Å²) < 4.78 is 5.26. The van der Waals surface area contributed by atoms with Gasteiger partial charge in [0.15, 0.2) is 0 Å². The van der Waals surface area contributed by atoms with Gasteiger partial charge in [0.05, 0.1) is 7.11 Å². The second kappa shape index (κ2) is 9.07. The Kier molecular flexibility index (Phi) is 5.96. The fourth-order valence-corrected chi connectivity index (χ4v) is 7.37. The van der Waals surface area contributed by atoms with Gasteiger partial charge in [-0.25, -0.2) is 0 Å². The molecule has 0 bridgehead atoms. The molecule has 3 heterocycles. The van der Waals surface area contributed by atoms with Crippen molar-refractivity contribution in [2.75, 3.05) is 58.8 Å². The van der Waals surface area contributed by atoms with Gasteiger partial charge in [-0.05, 0) is 92.0 Å². The van der Waals surface area contributed by atoms with E-state index < -0.39 is 0 Å². The molecule has 0 unspecified atom stereocenters. The third-order valence-electron chi connectivity index (χ3n) is 8.91. The Bertz CT molecular complexity index is 1290. The number of aromatic hydroxyl groups is 1. The highest BCUT2D eigenvalue weighted by Gasteiger charge is 2.49. The molecule has 37 heavy (non-hydrogen) atoms. The predicted octanol–water partition coefficient (Wildman–Crippen LogP) is 4.73. The molecule has 0 radical (unpaired) electrons. The average Bonchev–Trinajstić information content (AvgIpc) is 3.36. The van der Waals surface area contributed by atoms with Crippen LogP contribution in [0.1, 0.15) is 34.2 Å². The quantitative estimate of drug-likeness (QED) is 0.567. The van der Waals surface area contributed by atoms with Crippen LogP contribution in [0, 0.1) is 6.92 Å². The number of nitrogens with zero attached hydrogens (tertiary/aromatic N) is 3. The van der Waals surface area contributed by atoms with Gasteiger partial charge in [0.1, 0.15) is 11.5 Å². The number of rotatable bonds is 3. The summed E-state index contributed by atoms with van der Waals surface area (Å²) in [5, 5.41) is 9.40. The zero-order valence-corrected chi connectivity index (χ0v) is 22.6. The zero-order valence-electron chi connectivity index (χ0n) is 22.6. The van der Waals surface area contributed by atoms with E-state index in [9.17, 15) is 5.11 Å². The van der Waals surface area contributed by atoms with E-state index in [4.69, 9.17) is 4.74 Å². The summed E-state index contributed by atoms with van der Waals surface area (Å²) in [7, 11) is 6.10. The Morgan fingerprint density at radius 3 is 2.16 bits per heavy atom. The van der Waals surface area contributed by atoms with Gasteiger partial charge in [-0.2, -0.15) is 0 Å². The van der Waals surface area contributed by atoms with E-state index in [-0.39, 0.29) is 0 Å². The summed E-state index contributed by atoms with van der Waals surface area (Å²) in [6.45, 7) is 8.98. The van der Waals surface area contributed by atoms with E-state index in [1.54, 1.807) is 7.11 Å². The van der Waals surface area contributed by atoms with Gasteiger partial charge in [-0.3, -0.25) is 0 Å². The molecular weight excluding hydrogens is 458 g/mol. The van der Waals surface area contributed by atoms with Crippen molar-refractivity contribution in [1.29, 1.82) is 0 Å². The molecule has 0 amide bonds. The zero-order chi connectivity index (χ0) is 25.8. The predicted molar refractivity (Wildman–Crippen MR) is 150 cm³/mol. The molecule has 5 nitrogen and oxygen atoms in total. The maximum absolute atomic E-state index is 9.40. The van der Waals surface area contributed by atoms with Crippen LogP contribution in [0.4, 0.5) is 5.69 Å². The minimum Gasteiger partial charge on any atom is -0.508 e. The summed E-state index contributed by atoms with van der Waals surface area (Å²) in [5.74, 6) is 1.33. The third-order valence-corrected chi connectivity index (χ3v) is 8.91. The summed E-state index contributed by atoms with van der Waals surface area (Å²) in [4.78, 5) is 7.33. The number of hydrogen-bond acceptors (Lipinski definition) is 5. The van der Waals surface area contributed by atoms with Crippen LogP contribution in [0.3, 0.4) is 0 Å². The SMILES string of the molecule is CN1CC2(CCc3cc(O)ccc32)C1.COc1ccc(CN2CC3(CN(C)C3)c3ccc(C)cc32)cc1. The first-order valence-electron chi connectivity index (χ1n) is 13.5. The largest absolute Gasteiger partial charge is 0.508 e. The smallest absolute Gasteiger partial charge is 0.118 e. The first kappa shape index (κ1) is 24.3. The molecule has 3 aromatic carbocycles. The van der Waals surface area contributed by atoms with Crippen molar-refractivity contribution >= 4 is 5.69 Å². The third kappa shape index (κ3) is 4.28. The molecule has 5 heteroatoms. The van der Waals surface area contributed by atoms with Crippen molar-refractivity contribution in [1.82, 2.24) is 9.80 Å². The lowest BCUT2D eigenvalue weighted by Crippen LogP contribution is -2.59. The van der Waals surface area contributed by atoms with Crippen molar-refractivity contribution in [3.8, 4) is 11.5 Å². The van der Waals surface area contributed by atoms with Crippen LogP contribution < -0.4 is 9.64 Å². The number of anilines is 1. The van der Waals surface area contributed by atoms with Gasteiger partial charge in [0.2, 0.25) is 0 Å². The second-order valence-electron chi connectivity index (χ2n) is 12.0. The van der Waals surface area contributed by atoms with Gasteiger partial charge in [0, 0.05) is 55.8 Å². The molecular formula is C32H39N3O2. The number of likely N-dealkylation sites (N-methyl/N-ethyl adjacent to an activating group) is 2. The molecule has 0 atom stereocenters. The first-order chi connectivity index (χ1) is 17.8. The summed E-state index contributed by atoms with van der Waals surface area (Å²) in [6, 6.07) is 21.3. The number of phenols is 1. The Hall–Kier alpha value is -3.02. The summed E-state index contributed by atoms with van der Waals surface area (Å²) in [5.41, 5.74) is 9.24. The van der Waals surface area contributed by atoms with E-state index in [1.165, 1.54) is 66.1 Å². The Morgan fingerprint density at radius 1 is 0.811 bits per heavy atom. The number of methoxy groups -OCH3 is 1. The number of benzene rings is 3. The van der Waals surface area contributed by atoms with Crippen LogP contribution in [0.15, 0.2) is 60.7 Å². The molecule has 2 fully saturated rings. The van der Waals surface area contributed by atoms with Crippen molar-refractivity contribution < 1.29 is 9.84 Å². The van der Waals surface area contributed by atoms with Gasteiger partial charge in [-0.15, -0.1) is 0 Å². The maximum atomic E-state index is 9.40. The van der Waals surface area contributed by atoms with Gasteiger partial charge in [-0.1, -0.05) is 30.3 Å². The van der Waals surface area contributed by atoms with Gasteiger partial charge < -0.3 is 24.5 Å². The van der Waals surface area contributed by atoms with E-state index in [0.717, 1.165) is 25.3 Å². The number of hydrogen-bond donors (Lipinski definition) is 1. The van der Waals surface area contributed by atoms with Crippen LogP contribution in [0.5, 0.6) is 11.5 Å². The van der Waals surface area contributed by atoms with E-state index in [1.807, 2.05) is 12.1 Å². The van der Waals surface area contributed by atoms with Crippen LogP contribution in [0.25, 0.3) is 0 Å². The second-order valence-corrected chi connectivity index (χ2v) is 12.0.